The third-order valence-corrected chi connectivity index (χ3v) is 6.67. The van der Waals surface area contributed by atoms with Gasteiger partial charge < -0.3 is 30.3 Å². The summed E-state index contributed by atoms with van der Waals surface area (Å²) in [5.74, 6) is 2.77. The van der Waals surface area contributed by atoms with Gasteiger partial charge in [0.15, 0.2) is 0 Å². The number of nitrogens with zero attached hydrogens (tertiary/aromatic N) is 2. The molecule has 3 atom stereocenters. The first-order valence-electron chi connectivity index (χ1n) is 12.0. The van der Waals surface area contributed by atoms with E-state index in [-0.39, 0.29) is 30.0 Å². The Hall–Kier alpha value is -4.11. The van der Waals surface area contributed by atoms with E-state index in [1.165, 1.54) is 5.56 Å². The lowest BCUT2D eigenvalue weighted by atomic mass is 10.1. The summed E-state index contributed by atoms with van der Waals surface area (Å²) in [6.45, 7) is 0.848. The molecule has 1 aliphatic carbocycles. The van der Waals surface area contributed by atoms with Crippen LogP contribution in [0.2, 0.25) is 0 Å². The summed E-state index contributed by atoms with van der Waals surface area (Å²) < 4.78 is 12.2. The van der Waals surface area contributed by atoms with E-state index in [9.17, 15) is 9.59 Å². The highest BCUT2D eigenvalue weighted by Gasteiger charge is 2.59. The van der Waals surface area contributed by atoms with Gasteiger partial charge in [-0.1, -0.05) is 12.1 Å². The molecule has 9 heteroatoms. The summed E-state index contributed by atoms with van der Waals surface area (Å²) in [7, 11) is 4.04. The second-order valence-corrected chi connectivity index (χ2v) is 9.65. The third kappa shape index (κ3) is 4.33. The molecule has 3 N–H and O–H groups in total. The smallest absolute Gasteiger partial charge is 0.319 e. The van der Waals surface area contributed by atoms with E-state index in [0.717, 1.165) is 29.1 Å². The van der Waals surface area contributed by atoms with E-state index < -0.39 is 0 Å². The number of benzene rings is 2. The van der Waals surface area contributed by atoms with Crippen LogP contribution in [0.15, 0.2) is 54.7 Å². The third-order valence-electron chi connectivity index (χ3n) is 6.67. The maximum Gasteiger partial charge on any atom is 0.319 e. The van der Waals surface area contributed by atoms with Crippen LogP contribution in [0.5, 0.6) is 17.2 Å². The maximum absolute atomic E-state index is 12.6. The zero-order chi connectivity index (χ0) is 24.8. The largest absolute Gasteiger partial charge is 0.487 e. The Balaban J connectivity index is 1.10. The fourth-order valence-electron chi connectivity index (χ4n) is 4.93. The van der Waals surface area contributed by atoms with Crippen molar-refractivity contribution in [2.24, 2.45) is 0 Å². The van der Waals surface area contributed by atoms with Crippen molar-refractivity contribution in [3.63, 3.8) is 0 Å². The molecule has 9 nitrogen and oxygen atoms in total. The molecule has 36 heavy (non-hydrogen) atoms. The minimum atomic E-state index is -0.252. The lowest BCUT2D eigenvalue weighted by molar-refractivity contribution is -0.116. The van der Waals surface area contributed by atoms with Gasteiger partial charge in [-0.2, -0.15) is 0 Å². The van der Waals surface area contributed by atoms with Gasteiger partial charge in [-0.25, -0.2) is 9.78 Å². The van der Waals surface area contributed by atoms with Crippen LogP contribution in [0.3, 0.4) is 0 Å². The average Bonchev–Trinajstić information content (AvgIpc) is 3.35. The zero-order valence-corrected chi connectivity index (χ0v) is 20.1. The number of hydrogen-bond donors (Lipinski definition) is 3. The van der Waals surface area contributed by atoms with E-state index >= 15 is 0 Å². The van der Waals surface area contributed by atoms with Crippen molar-refractivity contribution in [3.8, 4) is 17.2 Å². The quantitative estimate of drug-likeness (QED) is 0.490. The molecule has 0 radical (unpaired) electrons. The van der Waals surface area contributed by atoms with Gasteiger partial charge >= 0.3 is 6.03 Å². The predicted octanol–water partition coefficient (Wildman–Crippen LogP) is 3.87. The molecule has 6 rings (SSSR count). The molecule has 184 valence electrons. The predicted molar refractivity (Wildman–Crippen MR) is 135 cm³/mol. The summed E-state index contributed by atoms with van der Waals surface area (Å²) >= 11 is 0. The molecular weight excluding hydrogens is 458 g/mol. The number of fused-ring (bicyclic) bond motifs is 4. The zero-order valence-electron chi connectivity index (χ0n) is 20.1. The van der Waals surface area contributed by atoms with E-state index in [2.05, 4.69) is 25.8 Å². The van der Waals surface area contributed by atoms with Gasteiger partial charge in [0.2, 0.25) is 5.91 Å². The van der Waals surface area contributed by atoms with Crippen LogP contribution in [0, 0.1) is 0 Å². The molecule has 0 saturated heterocycles. The number of amides is 3. The lowest BCUT2D eigenvalue weighted by Crippen LogP contribution is -2.34. The molecule has 3 heterocycles. The van der Waals surface area contributed by atoms with Crippen LogP contribution in [0.25, 0.3) is 0 Å². The minimum absolute atomic E-state index is 0.0366. The second-order valence-electron chi connectivity index (χ2n) is 9.65. The van der Waals surface area contributed by atoms with Gasteiger partial charge in [0.05, 0.1) is 12.0 Å². The number of nitrogens with one attached hydrogen (secondary N) is 3. The van der Waals surface area contributed by atoms with Crippen molar-refractivity contribution in [2.45, 2.75) is 37.5 Å². The van der Waals surface area contributed by atoms with Crippen molar-refractivity contribution in [1.29, 1.82) is 0 Å². The Bertz CT molecular complexity index is 1340. The Morgan fingerprint density at radius 1 is 1.17 bits per heavy atom. The number of rotatable bonds is 6. The summed E-state index contributed by atoms with van der Waals surface area (Å²) in [4.78, 5) is 30.6. The number of anilines is 2. The number of carbonyl (C=O) groups excluding carboxylic acids is 2. The molecule has 0 bridgehead atoms. The first-order chi connectivity index (χ1) is 17.4. The van der Waals surface area contributed by atoms with E-state index in [0.29, 0.717) is 30.2 Å². The number of ether oxygens (including phenoxy) is 2. The molecule has 3 aromatic rings. The molecule has 2 aliphatic heterocycles. The maximum atomic E-state index is 12.6. The summed E-state index contributed by atoms with van der Waals surface area (Å²) in [5.41, 5.74) is 3.84. The molecular formula is C27H27N5O4. The molecule has 3 aliphatic rings. The van der Waals surface area contributed by atoms with E-state index in [1.807, 2.05) is 62.6 Å². The number of hydrogen-bond acceptors (Lipinski definition) is 6. The van der Waals surface area contributed by atoms with Crippen LogP contribution in [-0.2, 0) is 17.8 Å². The second kappa shape index (κ2) is 8.83. The number of carbonyl (C=O) groups is 2. The monoisotopic (exact) mass is 485 g/mol. The van der Waals surface area contributed by atoms with Crippen LogP contribution in [0.4, 0.5) is 16.3 Å². The van der Waals surface area contributed by atoms with Gasteiger partial charge in [0, 0.05) is 36.0 Å². The Morgan fingerprint density at radius 2 is 2.00 bits per heavy atom. The van der Waals surface area contributed by atoms with Gasteiger partial charge in [-0.05, 0) is 62.5 Å². The lowest BCUT2D eigenvalue weighted by Gasteiger charge is -2.19. The SMILES string of the molecule is CN(C)Cc1ccc(NC(=O)N[C@@H]2[C@H]3Oc4ccc(Oc5ccnc6c5CCC(=O)N6)cc4[C@@H]23)cc1. The molecule has 1 saturated carbocycles. The molecule has 1 fully saturated rings. The molecule has 1 aromatic heterocycles. The van der Waals surface area contributed by atoms with Gasteiger partial charge in [-0.15, -0.1) is 0 Å². The Kier molecular flexibility index (Phi) is 5.49. The fourth-order valence-corrected chi connectivity index (χ4v) is 4.93. The highest BCUT2D eigenvalue weighted by atomic mass is 16.5. The van der Waals surface area contributed by atoms with Crippen molar-refractivity contribution >= 4 is 23.4 Å². The first kappa shape index (κ1) is 22.4. The Morgan fingerprint density at radius 3 is 2.81 bits per heavy atom. The van der Waals surface area contributed by atoms with Crippen molar-refractivity contribution in [2.75, 3.05) is 24.7 Å². The highest BCUT2D eigenvalue weighted by molar-refractivity contribution is 5.93. The summed E-state index contributed by atoms with van der Waals surface area (Å²) in [6, 6.07) is 15.0. The molecule has 3 amide bonds. The fraction of sp³-hybridized carbons (Fsp3) is 0.296. The topological polar surface area (TPSA) is 105 Å². The highest BCUT2D eigenvalue weighted by Crippen LogP contribution is 2.54. The number of urea groups is 1. The normalized spacial score (nSPS) is 21.0. The van der Waals surface area contributed by atoms with E-state index in [4.69, 9.17) is 9.47 Å². The van der Waals surface area contributed by atoms with Gasteiger partial charge in [-0.3, -0.25) is 4.79 Å². The molecule has 0 spiro atoms. The van der Waals surface area contributed by atoms with Crippen LogP contribution < -0.4 is 25.4 Å². The van der Waals surface area contributed by atoms with E-state index in [1.54, 1.807) is 6.20 Å². The van der Waals surface area contributed by atoms with Crippen molar-refractivity contribution < 1.29 is 19.1 Å². The first-order valence-corrected chi connectivity index (χ1v) is 12.0. The van der Waals surface area contributed by atoms with Crippen molar-refractivity contribution in [1.82, 2.24) is 15.2 Å². The van der Waals surface area contributed by atoms with Gasteiger partial charge in [0.1, 0.15) is 29.2 Å². The average molecular weight is 486 g/mol. The van der Waals surface area contributed by atoms with Crippen LogP contribution in [0.1, 0.15) is 29.0 Å². The van der Waals surface area contributed by atoms with Crippen molar-refractivity contribution in [3.05, 3.63) is 71.4 Å². The van der Waals surface area contributed by atoms with Crippen LogP contribution >= 0.6 is 0 Å². The number of aromatic nitrogens is 1. The summed E-state index contributed by atoms with van der Waals surface area (Å²) in [6.07, 6.45) is 2.55. The standard InChI is InChI=1S/C27H27N5O4/c1-32(2)14-15-3-5-16(6-4-15)29-27(34)31-24-23-19-13-17(7-9-20(19)36-25(23)24)35-21-11-12-28-26-18(21)8-10-22(33)30-26/h3-7,9,11-13,23-25H,8,10,14H2,1-2H3,(H,28,30,33)(H2,29,31,34)/t23-,24-,25-/m0/s1. The molecule has 0 unspecified atom stereocenters. The van der Waals surface area contributed by atoms with Crippen LogP contribution in [-0.4, -0.2) is 48.1 Å². The molecule has 2 aromatic carbocycles. The minimum Gasteiger partial charge on any atom is -0.487 e. The number of pyridine rings is 1. The van der Waals surface area contributed by atoms with Gasteiger partial charge in [0.25, 0.3) is 0 Å². The Labute approximate surface area is 208 Å². The summed E-state index contributed by atoms with van der Waals surface area (Å²) in [5, 5.41) is 8.73.